The largest absolute Gasteiger partial charge is 0.271 e. The number of halogens is 2. The molecule has 6 heteroatoms. The molecular weight excluding hydrogens is 291 g/mol. The van der Waals surface area contributed by atoms with Crippen molar-refractivity contribution in [3.63, 3.8) is 0 Å². The number of anilines is 1. The number of hydrogen-bond donors (Lipinski definition) is 0. The minimum atomic E-state index is -0.732. The zero-order chi connectivity index (χ0) is 13.5. The van der Waals surface area contributed by atoms with E-state index < -0.39 is 5.54 Å². The first-order valence-corrected chi connectivity index (χ1v) is 7.28. The maximum atomic E-state index is 12.3. The molecule has 0 atom stereocenters. The molecular formula is C12H12Cl2N2OS. The molecule has 3 nitrogen and oxygen atoms in total. The molecule has 0 aliphatic carbocycles. The first-order valence-electron chi connectivity index (χ1n) is 5.30. The minimum Gasteiger partial charge on any atom is -0.271 e. The van der Waals surface area contributed by atoms with Crippen LogP contribution < -0.4 is 4.90 Å². The van der Waals surface area contributed by atoms with E-state index in [9.17, 15) is 4.79 Å². The van der Waals surface area contributed by atoms with E-state index in [1.54, 1.807) is 36.9 Å². The highest BCUT2D eigenvalue weighted by Gasteiger charge is 2.41. The lowest BCUT2D eigenvalue weighted by atomic mass is 10.1. The van der Waals surface area contributed by atoms with Crippen molar-refractivity contribution in [3.8, 4) is 0 Å². The number of thioether (sulfide) groups is 1. The van der Waals surface area contributed by atoms with Crippen LogP contribution in [-0.4, -0.2) is 22.9 Å². The van der Waals surface area contributed by atoms with E-state index in [0.29, 0.717) is 20.9 Å². The van der Waals surface area contributed by atoms with Gasteiger partial charge in [0.1, 0.15) is 5.54 Å². The fraction of sp³-hybridized carbons (Fsp3) is 0.333. The number of amides is 1. The summed E-state index contributed by atoms with van der Waals surface area (Å²) in [5.41, 5.74) is -0.0437. The molecule has 96 valence electrons. The summed E-state index contributed by atoms with van der Waals surface area (Å²) in [6, 6.07) is 5.12. The van der Waals surface area contributed by atoms with Crippen molar-refractivity contribution >= 4 is 51.7 Å². The van der Waals surface area contributed by atoms with Crippen molar-refractivity contribution in [1.29, 1.82) is 0 Å². The lowest BCUT2D eigenvalue weighted by molar-refractivity contribution is -0.120. The summed E-state index contributed by atoms with van der Waals surface area (Å²) in [5, 5.41) is 1.56. The van der Waals surface area contributed by atoms with E-state index in [2.05, 4.69) is 4.99 Å². The molecule has 1 heterocycles. The van der Waals surface area contributed by atoms with Crippen LogP contribution in [-0.2, 0) is 4.79 Å². The molecule has 2 rings (SSSR count). The van der Waals surface area contributed by atoms with Crippen LogP contribution in [0.2, 0.25) is 10.0 Å². The van der Waals surface area contributed by atoms with Gasteiger partial charge < -0.3 is 0 Å². The van der Waals surface area contributed by atoms with E-state index in [4.69, 9.17) is 23.2 Å². The molecule has 1 aromatic rings. The average Bonchev–Trinajstić information content (AvgIpc) is 2.54. The summed E-state index contributed by atoms with van der Waals surface area (Å²) in [6.07, 6.45) is 1.89. The van der Waals surface area contributed by atoms with Crippen molar-refractivity contribution in [3.05, 3.63) is 28.2 Å². The maximum absolute atomic E-state index is 12.3. The Labute approximate surface area is 120 Å². The van der Waals surface area contributed by atoms with Gasteiger partial charge in [-0.1, -0.05) is 35.0 Å². The lowest BCUT2D eigenvalue weighted by Crippen LogP contribution is -2.38. The summed E-state index contributed by atoms with van der Waals surface area (Å²) in [5.74, 6) is -0.0646. The molecule has 0 bridgehead atoms. The average molecular weight is 303 g/mol. The monoisotopic (exact) mass is 302 g/mol. The number of benzene rings is 1. The van der Waals surface area contributed by atoms with Crippen molar-refractivity contribution < 1.29 is 4.79 Å². The second kappa shape index (κ2) is 4.76. The number of aliphatic imine (C=N–C) groups is 1. The zero-order valence-electron chi connectivity index (χ0n) is 10.2. The molecule has 0 aromatic heterocycles. The third-order valence-corrected chi connectivity index (χ3v) is 4.01. The molecule has 0 spiro atoms. The van der Waals surface area contributed by atoms with Gasteiger partial charge in [0.2, 0.25) is 0 Å². The van der Waals surface area contributed by atoms with Crippen LogP contribution in [0, 0.1) is 0 Å². The lowest BCUT2D eigenvalue weighted by Gasteiger charge is -2.20. The van der Waals surface area contributed by atoms with Crippen molar-refractivity contribution in [2.24, 2.45) is 4.99 Å². The van der Waals surface area contributed by atoms with Crippen LogP contribution in [0.25, 0.3) is 0 Å². The van der Waals surface area contributed by atoms with Gasteiger partial charge in [-0.05, 0) is 38.3 Å². The summed E-state index contributed by atoms with van der Waals surface area (Å²) in [7, 11) is 0. The van der Waals surface area contributed by atoms with Gasteiger partial charge in [-0.15, -0.1) is 0 Å². The number of rotatable bonds is 1. The summed E-state index contributed by atoms with van der Waals surface area (Å²) < 4.78 is 0. The third-order valence-electron chi connectivity index (χ3n) is 2.64. The number of carbonyl (C=O) groups is 1. The van der Waals surface area contributed by atoms with Gasteiger partial charge in [-0.2, -0.15) is 0 Å². The normalized spacial score (nSPS) is 18.2. The maximum Gasteiger partial charge on any atom is 0.260 e. The Hall–Kier alpha value is -0.710. The Bertz CT molecular complexity index is 543. The van der Waals surface area contributed by atoms with Gasteiger partial charge in [-0.25, -0.2) is 4.99 Å². The molecule has 1 aliphatic rings. The van der Waals surface area contributed by atoms with Crippen LogP contribution in [0.3, 0.4) is 0 Å². The highest BCUT2D eigenvalue weighted by atomic mass is 35.5. The second-order valence-corrected chi connectivity index (χ2v) is 5.98. The van der Waals surface area contributed by atoms with Gasteiger partial charge >= 0.3 is 0 Å². The summed E-state index contributed by atoms with van der Waals surface area (Å²) in [4.78, 5) is 18.3. The minimum absolute atomic E-state index is 0.0646. The highest BCUT2D eigenvalue weighted by molar-refractivity contribution is 8.13. The molecule has 0 saturated carbocycles. The molecule has 1 aromatic carbocycles. The Kier molecular flexibility index (Phi) is 3.63. The van der Waals surface area contributed by atoms with E-state index in [0.717, 1.165) is 0 Å². The van der Waals surface area contributed by atoms with Crippen LogP contribution in [0.15, 0.2) is 23.2 Å². The van der Waals surface area contributed by atoms with Gasteiger partial charge in [0.25, 0.3) is 5.91 Å². The van der Waals surface area contributed by atoms with Gasteiger partial charge in [0.15, 0.2) is 5.17 Å². The smallest absolute Gasteiger partial charge is 0.260 e. The Morgan fingerprint density at radius 1 is 1.28 bits per heavy atom. The quantitative estimate of drug-likeness (QED) is 0.789. The third kappa shape index (κ3) is 2.25. The SMILES string of the molecule is CSC1=NC(C)(C)C(=O)N1c1ccc(Cl)c(Cl)c1. The molecule has 0 saturated heterocycles. The fourth-order valence-electron chi connectivity index (χ4n) is 1.69. The van der Waals surface area contributed by atoms with Gasteiger partial charge in [0, 0.05) is 0 Å². The van der Waals surface area contributed by atoms with Crippen LogP contribution in [0.1, 0.15) is 13.8 Å². The standard InChI is InChI=1S/C12H12Cl2N2OS/c1-12(2)10(17)16(11(15-12)18-3)7-4-5-8(13)9(14)6-7/h4-6H,1-3H3. The molecule has 1 aliphatic heterocycles. The Morgan fingerprint density at radius 2 is 1.94 bits per heavy atom. The Balaban J connectivity index is 2.47. The summed E-state index contributed by atoms with van der Waals surface area (Å²) in [6.45, 7) is 3.59. The van der Waals surface area contributed by atoms with E-state index in [-0.39, 0.29) is 5.91 Å². The Morgan fingerprint density at radius 3 is 2.50 bits per heavy atom. The number of amidine groups is 1. The van der Waals surface area contributed by atoms with Crippen LogP contribution >= 0.6 is 35.0 Å². The van der Waals surface area contributed by atoms with Crippen molar-refractivity contribution in [2.45, 2.75) is 19.4 Å². The van der Waals surface area contributed by atoms with E-state index in [1.165, 1.54) is 11.8 Å². The molecule has 18 heavy (non-hydrogen) atoms. The highest BCUT2D eigenvalue weighted by Crippen LogP contribution is 2.34. The number of carbonyl (C=O) groups excluding carboxylic acids is 1. The number of nitrogens with zero attached hydrogens (tertiary/aromatic N) is 2. The first-order chi connectivity index (χ1) is 8.36. The first kappa shape index (κ1) is 13.7. The zero-order valence-corrected chi connectivity index (χ0v) is 12.5. The predicted molar refractivity (Wildman–Crippen MR) is 79.0 cm³/mol. The molecule has 0 radical (unpaired) electrons. The van der Waals surface area contributed by atoms with Gasteiger partial charge in [-0.3, -0.25) is 9.69 Å². The van der Waals surface area contributed by atoms with Gasteiger partial charge in [0.05, 0.1) is 15.7 Å². The molecule has 1 amide bonds. The molecule has 0 unspecified atom stereocenters. The fourth-order valence-corrected chi connectivity index (χ4v) is 2.67. The number of hydrogen-bond acceptors (Lipinski definition) is 3. The second-order valence-electron chi connectivity index (χ2n) is 4.40. The molecule has 0 fully saturated rings. The predicted octanol–water partition coefficient (Wildman–Crippen LogP) is 3.84. The van der Waals surface area contributed by atoms with Crippen LogP contribution in [0.4, 0.5) is 5.69 Å². The summed E-state index contributed by atoms with van der Waals surface area (Å²) >= 11 is 13.3. The van der Waals surface area contributed by atoms with E-state index >= 15 is 0 Å². The van der Waals surface area contributed by atoms with Crippen molar-refractivity contribution in [1.82, 2.24) is 0 Å². The van der Waals surface area contributed by atoms with E-state index in [1.807, 2.05) is 6.26 Å². The topological polar surface area (TPSA) is 32.7 Å². The van der Waals surface area contributed by atoms with Crippen molar-refractivity contribution in [2.75, 3.05) is 11.2 Å². The molecule has 0 N–H and O–H groups in total. The van der Waals surface area contributed by atoms with Crippen LogP contribution in [0.5, 0.6) is 0 Å².